The highest BCUT2D eigenvalue weighted by Gasteiger charge is 2.18. The molecule has 1 aromatic carbocycles. The van der Waals surface area contributed by atoms with Crippen molar-refractivity contribution < 1.29 is 19.0 Å². The second kappa shape index (κ2) is 5.46. The molecule has 0 saturated heterocycles. The number of carboxylic acid groups (broad SMARTS) is 1. The van der Waals surface area contributed by atoms with Gasteiger partial charge in [-0.3, -0.25) is 0 Å². The van der Waals surface area contributed by atoms with E-state index >= 15 is 0 Å². The summed E-state index contributed by atoms with van der Waals surface area (Å²) in [5.41, 5.74) is 1.69. The molecule has 19 heavy (non-hydrogen) atoms. The van der Waals surface area contributed by atoms with Crippen LogP contribution in [0.1, 0.15) is 20.9 Å². The van der Waals surface area contributed by atoms with Gasteiger partial charge in [0.1, 0.15) is 15.7 Å². The lowest BCUT2D eigenvalue weighted by molar-refractivity contribution is 0.0697. The number of benzene rings is 1. The molecule has 0 bridgehead atoms. The van der Waals surface area contributed by atoms with Crippen LogP contribution >= 0.6 is 11.3 Å². The first-order valence-corrected chi connectivity index (χ1v) is 6.32. The number of ether oxygens (including phenoxy) is 1. The van der Waals surface area contributed by atoms with Gasteiger partial charge in [0.05, 0.1) is 12.3 Å². The monoisotopic (exact) mass is 281 g/mol. The van der Waals surface area contributed by atoms with E-state index in [-0.39, 0.29) is 17.3 Å². The van der Waals surface area contributed by atoms with Gasteiger partial charge in [-0.05, 0) is 30.7 Å². The van der Waals surface area contributed by atoms with E-state index in [0.29, 0.717) is 16.3 Å². The Balaban J connectivity index is 2.50. The predicted molar refractivity (Wildman–Crippen MR) is 69.9 cm³/mol. The molecule has 1 heterocycles. The zero-order valence-corrected chi connectivity index (χ0v) is 11.3. The maximum Gasteiger partial charge on any atom is 0.347 e. The van der Waals surface area contributed by atoms with E-state index in [2.05, 4.69) is 4.98 Å². The molecule has 100 valence electrons. The molecule has 2 rings (SSSR count). The summed E-state index contributed by atoms with van der Waals surface area (Å²) in [6, 6.07) is 4.52. The van der Waals surface area contributed by atoms with Crippen molar-refractivity contribution in [3.8, 4) is 10.6 Å². The Kier molecular flexibility index (Phi) is 3.92. The molecule has 0 amide bonds. The molecule has 2 aromatic rings. The van der Waals surface area contributed by atoms with E-state index in [0.717, 1.165) is 16.9 Å². The Morgan fingerprint density at radius 2 is 2.21 bits per heavy atom. The summed E-state index contributed by atoms with van der Waals surface area (Å²) < 4.78 is 18.3. The van der Waals surface area contributed by atoms with Crippen molar-refractivity contribution in [2.75, 3.05) is 7.11 Å². The zero-order valence-electron chi connectivity index (χ0n) is 10.4. The molecule has 0 spiro atoms. The minimum Gasteiger partial charge on any atom is -0.477 e. The van der Waals surface area contributed by atoms with Crippen molar-refractivity contribution in [3.63, 3.8) is 0 Å². The highest BCUT2D eigenvalue weighted by molar-refractivity contribution is 7.17. The smallest absolute Gasteiger partial charge is 0.347 e. The van der Waals surface area contributed by atoms with E-state index in [1.54, 1.807) is 13.0 Å². The first kappa shape index (κ1) is 13.6. The van der Waals surface area contributed by atoms with Gasteiger partial charge in [0, 0.05) is 12.7 Å². The number of aryl methyl sites for hydroxylation is 1. The van der Waals surface area contributed by atoms with Gasteiger partial charge in [0.25, 0.3) is 0 Å². The largest absolute Gasteiger partial charge is 0.477 e. The molecule has 0 fully saturated rings. The van der Waals surface area contributed by atoms with Crippen molar-refractivity contribution >= 4 is 17.3 Å². The van der Waals surface area contributed by atoms with Gasteiger partial charge in [0.2, 0.25) is 0 Å². The van der Waals surface area contributed by atoms with Crippen molar-refractivity contribution in [2.45, 2.75) is 13.5 Å². The molecule has 0 atom stereocenters. The molecule has 4 nitrogen and oxygen atoms in total. The molecule has 0 aliphatic rings. The Hall–Kier alpha value is -1.79. The van der Waals surface area contributed by atoms with Crippen molar-refractivity contribution in [1.29, 1.82) is 0 Å². The molecule has 0 radical (unpaired) electrons. The van der Waals surface area contributed by atoms with Crippen LogP contribution in [0.3, 0.4) is 0 Å². The third kappa shape index (κ3) is 2.97. The Morgan fingerprint density at radius 3 is 2.79 bits per heavy atom. The maximum atomic E-state index is 13.4. The third-order valence-corrected chi connectivity index (χ3v) is 3.60. The number of rotatable bonds is 4. The summed E-state index contributed by atoms with van der Waals surface area (Å²) in [6.45, 7) is 1.89. The summed E-state index contributed by atoms with van der Waals surface area (Å²) in [7, 11) is 1.47. The molecule has 1 aromatic heterocycles. The van der Waals surface area contributed by atoms with Crippen molar-refractivity contribution in [1.82, 2.24) is 4.98 Å². The minimum atomic E-state index is -1.05. The number of halogens is 1. The average molecular weight is 281 g/mol. The normalized spacial score (nSPS) is 10.7. The second-order valence-corrected chi connectivity index (χ2v) is 5.05. The van der Waals surface area contributed by atoms with Gasteiger partial charge < -0.3 is 9.84 Å². The Labute approximate surface area is 113 Å². The van der Waals surface area contributed by atoms with E-state index in [1.165, 1.54) is 19.2 Å². The van der Waals surface area contributed by atoms with Crippen LogP contribution in [-0.4, -0.2) is 23.2 Å². The number of nitrogens with zero attached hydrogens (tertiary/aromatic N) is 1. The lowest BCUT2D eigenvalue weighted by Gasteiger charge is -1.99. The lowest BCUT2D eigenvalue weighted by atomic mass is 10.1. The molecule has 0 unspecified atom stereocenters. The van der Waals surface area contributed by atoms with Crippen LogP contribution in [0.5, 0.6) is 0 Å². The van der Waals surface area contributed by atoms with E-state index in [1.807, 2.05) is 0 Å². The molecular formula is C13H12FNO3S. The number of methoxy groups -OCH3 is 1. The van der Waals surface area contributed by atoms with Gasteiger partial charge in [-0.15, -0.1) is 11.3 Å². The van der Waals surface area contributed by atoms with Crippen LogP contribution in [-0.2, 0) is 11.3 Å². The number of thiazole rings is 1. The molecule has 1 N–H and O–H groups in total. The van der Waals surface area contributed by atoms with Crippen LogP contribution < -0.4 is 0 Å². The van der Waals surface area contributed by atoms with Gasteiger partial charge in [-0.25, -0.2) is 14.2 Å². The average Bonchev–Trinajstić information content (AvgIpc) is 2.72. The van der Waals surface area contributed by atoms with Crippen LogP contribution in [0.15, 0.2) is 18.2 Å². The first-order chi connectivity index (χ1) is 9.01. The van der Waals surface area contributed by atoms with Crippen LogP contribution in [0.2, 0.25) is 0 Å². The Bertz CT molecular complexity index is 604. The van der Waals surface area contributed by atoms with Gasteiger partial charge >= 0.3 is 5.97 Å². The first-order valence-electron chi connectivity index (χ1n) is 5.50. The van der Waals surface area contributed by atoms with Gasteiger partial charge in [-0.1, -0.05) is 0 Å². The number of hydrogen-bond acceptors (Lipinski definition) is 4. The van der Waals surface area contributed by atoms with E-state index < -0.39 is 5.97 Å². The van der Waals surface area contributed by atoms with Gasteiger partial charge in [0.15, 0.2) is 0 Å². The fourth-order valence-electron chi connectivity index (χ4n) is 1.74. The lowest BCUT2D eigenvalue weighted by Crippen LogP contribution is -1.99. The number of carbonyl (C=O) groups is 1. The van der Waals surface area contributed by atoms with Gasteiger partial charge in [-0.2, -0.15) is 0 Å². The number of aromatic nitrogens is 1. The van der Waals surface area contributed by atoms with Crippen molar-refractivity contribution in [2.24, 2.45) is 0 Å². The van der Waals surface area contributed by atoms with E-state index in [9.17, 15) is 9.18 Å². The van der Waals surface area contributed by atoms with Crippen molar-refractivity contribution in [3.05, 3.63) is 40.2 Å². The minimum absolute atomic E-state index is 0.117. The fraction of sp³-hybridized carbons (Fsp3) is 0.231. The number of hydrogen-bond donors (Lipinski definition) is 1. The standard InChI is InChI=1S/C13H12FNO3S/c1-7-3-8(5-9(14)4-7)12-15-10(6-18-2)11(19-12)13(16)17/h3-5H,6H2,1-2H3,(H,16,17). The highest BCUT2D eigenvalue weighted by atomic mass is 32.1. The molecule has 0 aliphatic heterocycles. The molecule has 6 heteroatoms. The predicted octanol–water partition coefficient (Wildman–Crippen LogP) is 3.10. The Morgan fingerprint density at radius 1 is 1.47 bits per heavy atom. The van der Waals surface area contributed by atoms with E-state index in [4.69, 9.17) is 9.84 Å². The molecule has 0 aliphatic carbocycles. The third-order valence-electron chi connectivity index (χ3n) is 2.46. The second-order valence-electron chi connectivity index (χ2n) is 4.05. The van der Waals surface area contributed by atoms with Crippen LogP contribution in [0.25, 0.3) is 10.6 Å². The topological polar surface area (TPSA) is 59.4 Å². The van der Waals surface area contributed by atoms with Crippen LogP contribution in [0.4, 0.5) is 4.39 Å². The summed E-state index contributed by atoms with van der Waals surface area (Å²) in [5.74, 6) is -1.42. The SMILES string of the molecule is COCc1nc(-c2cc(C)cc(F)c2)sc1C(=O)O. The molecule has 0 saturated carbocycles. The summed E-state index contributed by atoms with van der Waals surface area (Å²) >= 11 is 1.02. The number of aromatic carboxylic acids is 1. The fourth-order valence-corrected chi connectivity index (χ4v) is 2.63. The quantitative estimate of drug-likeness (QED) is 0.935. The summed E-state index contributed by atoms with van der Waals surface area (Å²) in [6.07, 6.45) is 0. The zero-order chi connectivity index (χ0) is 14.0. The summed E-state index contributed by atoms with van der Waals surface area (Å²) in [5, 5.41) is 9.58. The summed E-state index contributed by atoms with van der Waals surface area (Å²) in [4.78, 5) is 15.5. The molecular weight excluding hydrogens is 269 g/mol. The highest BCUT2D eigenvalue weighted by Crippen LogP contribution is 2.29. The van der Waals surface area contributed by atoms with Crippen LogP contribution in [0, 0.1) is 12.7 Å². The maximum absolute atomic E-state index is 13.4. The number of carboxylic acids is 1.